The van der Waals surface area contributed by atoms with Crippen LogP contribution in [0.4, 0.5) is 0 Å². The third kappa shape index (κ3) is 3.81. The molecular formula is C15H26N2S. The van der Waals surface area contributed by atoms with E-state index in [0.717, 1.165) is 13.1 Å². The van der Waals surface area contributed by atoms with Crippen molar-refractivity contribution in [2.75, 3.05) is 6.54 Å². The summed E-state index contributed by atoms with van der Waals surface area (Å²) in [6.45, 7) is 6.83. The number of hydrogen-bond acceptors (Lipinski definition) is 3. The Balaban J connectivity index is 1.93. The highest BCUT2D eigenvalue weighted by Crippen LogP contribution is 2.25. The van der Waals surface area contributed by atoms with E-state index in [1.165, 1.54) is 30.6 Å². The zero-order valence-corrected chi connectivity index (χ0v) is 12.5. The van der Waals surface area contributed by atoms with Gasteiger partial charge in [0.25, 0.3) is 0 Å². The summed E-state index contributed by atoms with van der Waals surface area (Å²) in [5.41, 5.74) is 6.28. The lowest BCUT2D eigenvalue weighted by Gasteiger charge is -2.35. The van der Waals surface area contributed by atoms with Crippen molar-refractivity contribution >= 4 is 11.3 Å². The SMILES string of the molecule is CC(C)N(Cc1cccs1)CC1CCCCC1N. The molecule has 0 aromatic carbocycles. The minimum atomic E-state index is 0.420. The van der Waals surface area contributed by atoms with Crippen LogP contribution in [-0.4, -0.2) is 23.5 Å². The fraction of sp³-hybridized carbons (Fsp3) is 0.733. The fourth-order valence-electron chi connectivity index (χ4n) is 2.82. The molecule has 102 valence electrons. The molecule has 1 fully saturated rings. The van der Waals surface area contributed by atoms with Gasteiger partial charge in [0.1, 0.15) is 0 Å². The van der Waals surface area contributed by atoms with E-state index in [-0.39, 0.29) is 0 Å². The van der Waals surface area contributed by atoms with Crippen molar-refractivity contribution in [3.05, 3.63) is 22.4 Å². The topological polar surface area (TPSA) is 29.3 Å². The van der Waals surface area contributed by atoms with Crippen molar-refractivity contribution in [3.63, 3.8) is 0 Å². The molecule has 2 N–H and O–H groups in total. The standard InChI is InChI=1S/C15H26N2S/c1-12(2)17(11-14-7-5-9-18-14)10-13-6-3-4-8-15(13)16/h5,7,9,12-13,15H,3-4,6,8,10-11,16H2,1-2H3. The van der Waals surface area contributed by atoms with E-state index in [4.69, 9.17) is 5.73 Å². The third-order valence-corrected chi connectivity index (χ3v) is 4.97. The summed E-state index contributed by atoms with van der Waals surface area (Å²) in [4.78, 5) is 4.05. The lowest BCUT2D eigenvalue weighted by atomic mass is 9.84. The Morgan fingerprint density at radius 3 is 2.78 bits per heavy atom. The second-order valence-corrected chi connectivity index (χ2v) is 6.84. The first-order chi connectivity index (χ1) is 8.66. The highest BCUT2D eigenvalue weighted by molar-refractivity contribution is 7.09. The molecule has 1 saturated carbocycles. The van der Waals surface area contributed by atoms with E-state index in [2.05, 4.69) is 36.3 Å². The van der Waals surface area contributed by atoms with E-state index in [1.807, 2.05) is 11.3 Å². The van der Waals surface area contributed by atoms with Crippen molar-refractivity contribution in [3.8, 4) is 0 Å². The van der Waals surface area contributed by atoms with Crippen LogP contribution in [0.25, 0.3) is 0 Å². The molecule has 1 heterocycles. The van der Waals surface area contributed by atoms with Gasteiger partial charge in [-0.05, 0) is 44.1 Å². The molecule has 0 radical (unpaired) electrons. The van der Waals surface area contributed by atoms with Crippen LogP contribution in [0.2, 0.25) is 0 Å². The molecule has 0 saturated heterocycles. The average molecular weight is 266 g/mol. The summed E-state index contributed by atoms with van der Waals surface area (Å²) >= 11 is 1.86. The smallest absolute Gasteiger partial charge is 0.0330 e. The van der Waals surface area contributed by atoms with Crippen LogP contribution in [0.3, 0.4) is 0 Å². The molecule has 3 heteroatoms. The average Bonchev–Trinajstić information content (AvgIpc) is 2.83. The molecule has 2 unspecified atom stereocenters. The predicted octanol–water partition coefficient (Wildman–Crippen LogP) is 3.48. The lowest BCUT2D eigenvalue weighted by molar-refractivity contribution is 0.148. The molecule has 2 nitrogen and oxygen atoms in total. The lowest BCUT2D eigenvalue weighted by Crippen LogP contribution is -2.43. The number of nitrogens with two attached hydrogens (primary N) is 1. The second kappa shape index (κ2) is 6.69. The number of thiophene rings is 1. The quantitative estimate of drug-likeness (QED) is 0.884. The summed E-state index contributed by atoms with van der Waals surface area (Å²) in [5.74, 6) is 0.695. The molecule has 0 spiro atoms. The first-order valence-electron chi connectivity index (χ1n) is 7.19. The van der Waals surface area contributed by atoms with Crippen molar-refractivity contribution < 1.29 is 0 Å². The zero-order valence-electron chi connectivity index (χ0n) is 11.6. The van der Waals surface area contributed by atoms with Crippen LogP contribution in [0.1, 0.15) is 44.4 Å². The highest BCUT2D eigenvalue weighted by Gasteiger charge is 2.25. The maximum atomic E-state index is 6.28. The van der Waals surface area contributed by atoms with Crippen LogP contribution in [0, 0.1) is 5.92 Å². The van der Waals surface area contributed by atoms with Gasteiger partial charge >= 0.3 is 0 Å². The first-order valence-corrected chi connectivity index (χ1v) is 8.07. The molecule has 0 bridgehead atoms. The molecule has 1 aromatic rings. The maximum Gasteiger partial charge on any atom is 0.0330 e. The van der Waals surface area contributed by atoms with E-state index < -0.39 is 0 Å². The molecule has 18 heavy (non-hydrogen) atoms. The van der Waals surface area contributed by atoms with Gasteiger partial charge in [0.15, 0.2) is 0 Å². The summed E-state index contributed by atoms with van der Waals surface area (Å²) in [6, 6.07) is 5.40. The molecule has 2 atom stereocenters. The molecule has 1 aliphatic carbocycles. The van der Waals surface area contributed by atoms with Crippen LogP contribution in [0.5, 0.6) is 0 Å². The van der Waals surface area contributed by atoms with Gasteiger partial charge in [-0.2, -0.15) is 0 Å². The zero-order chi connectivity index (χ0) is 13.0. The molecule has 0 aliphatic heterocycles. The van der Waals surface area contributed by atoms with Crippen molar-refractivity contribution in [1.29, 1.82) is 0 Å². The Hall–Kier alpha value is -0.380. The second-order valence-electron chi connectivity index (χ2n) is 5.81. The fourth-order valence-corrected chi connectivity index (χ4v) is 3.55. The third-order valence-electron chi connectivity index (χ3n) is 4.11. The van der Waals surface area contributed by atoms with Crippen LogP contribution in [0.15, 0.2) is 17.5 Å². The van der Waals surface area contributed by atoms with Crippen LogP contribution < -0.4 is 5.73 Å². The van der Waals surface area contributed by atoms with Crippen LogP contribution >= 0.6 is 11.3 Å². The normalized spacial score (nSPS) is 24.9. The van der Waals surface area contributed by atoms with Gasteiger partial charge in [0.05, 0.1) is 0 Å². The van der Waals surface area contributed by atoms with Crippen molar-refractivity contribution in [2.45, 2.75) is 58.2 Å². The Kier molecular flexibility index (Phi) is 5.22. The monoisotopic (exact) mass is 266 g/mol. The van der Waals surface area contributed by atoms with Gasteiger partial charge in [-0.1, -0.05) is 18.9 Å². The summed E-state index contributed by atoms with van der Waals surface area (Å²) in [6.07, 6.45) is 5.22. The maximum absolute atomic E-state index is 6.28. The number of hydrogen-bond donors (Lipinski definition) is 1. The van der Waals surface area contributed by atoms with Gasteiger partial charge < -0.3 is 5.73 Å². The van der Waals surface area contributed by atoms with E-state index in [0.29, 0.717) is 18.0 Å². The Morgan fingerprint density at radius 2 is 2.17 bits per heavy atom. The molecule has 0 amide bonds. The number of rotatable bonds is 5. The van der Waals surface area contributed by atoms with E-state index in [1.54, 1.807) is 0 Å². The van der Waals surface area contributed by atoms with Crippen molar-refractivity contribution in [2.24, 2.45) is 11.7 Å². The van der Waals surface area contributed by atoms with Gasteiger partial charge in [0, 0.05) is 30.1 Å². The molecule has 2 rings (SSSR count). The largest absolute Gasteiger partial charge is 0.327 e. The summed E-state index contributed by atoms with van der Waals surface area (Å²) < 4.78 is 0. The molecule has 1 aliphatic rings. The molecule has 1 aromatic heterocycles. The Bertz CT molecular complexity index is 334. The summed E-state index contributed by atoms with van der Waals surface area (Å²) in [7, 11) is 0. The predicted molar refractivity (Wildman–Crippen MR) is 79.8 cm³/mol. The van der Waals surface area contributed by atoms with Crippen LogP contribution in [-0.2, 0) is 6.54 Å². The van der Waals surface area contributed by atoms with Gasteiger partial charge in [0.2, 0.25) is 0 Å². The van der Waals surface area contributed by atoms with Gasteiger partial charge in [-0.15, -0.1) is 11.3 Å². The summed E-state index contributed by atoms with van der Waals surface area (Å²) in [5, 5.41) is 2.17. The highest BCUT2D eigenvalue weighted by atomic mass is 32.1. The van der Waals surface area contributed by atoms with E-state index in [9.17, 15) is 0 Å². The van der Waals surface area contributed by atoms with Crippen molar-refractivity contribution in [1.82, 2.24) is 4.90 Å². The first kappa shape index (κ1) is 14.0. The van der Waals surface area contributed by atoms with E-state index >= 15 is 0 Å². The number of nitrogens with zero attached hydrogens (tertiary/aromatic N) is 1. The molecular weight excluding hydrogens is 240 g/mol. The minimum Gasteiger partial charge on any atom is -0.327 e. The Labute approximate surface area is 115 Å². The Morgan fingerprint density at radius 1 is 1.39 bits per heavy atom. The van der Waals surface area contributed by atoms with Gasteiger partial charge in [-0.3, -0.25) is 4.90 Å². The minimum absolute atomic E-state index is 0.420. The van der Waals surface area contributed by atoms with Gasteiger partial charge in [-0.25, -0.2) is 0 Å².